The van der Waals surface area contributed by atoms with Crippen molar-refractivity contribution in [3.8, 4) is 17.9 Å². The number of rotatable bonds is 3. The third-order valence-corrected chi connectivity index (χ3v) is 6.46. The van der Waals surface area contributed by atoms with E-state index in [0.29, 0.717) is 11.5 Å². The summed E-state index contributed by atoms with van der Waals surface area (Å²) in [6, 6.07) is 9.80. The maximum absolute atomic E-state index is 8.85. The first-order valence-corrected chi connectivity index (χ1v) is 10.3. The summed E-state index contributed by atoms with van der Waals surface area (Å²) in [7, 11) is 0. The van der Waals surface area contributed by atoms with Crippen LogP contribution in [0.5, 0.6) is 0 Å². The summed E-state index contributed by atoms with van der Waals surface area (Å²) in [5.74, 6) is 10.4. The van der Waals surface area contributed by atoms with Gasteiger partial charge in [-0.15, -0.1) is 0 Å². The Hall–Kier alpha value is -1.73. The quantitative estimate of drug-likeness (QED) is 0.593. The molecule has 1 heteroatoms. The molecule has 0 aromatic heterocycles. The molecule has 0 radical (unpaired) electrons. The molecule has 3 rings (SSSR count). The molecule has 25 heavy (non-hydrogen) atoms. The first kappa shape index (κ1) is 18.1. The molecule has 0 saturated heterocycles. The van der Waals surface area contributed by atoms with Gasteiger partial charge in [0.25, 0.3) is 0 Å². The minimum absolute atomic E-state index is 0.573. The average molecular weight is 334 g/mol. The van der Waals surface area contributed by atoms with Gasteiger partial charge in [0.2, 0.25) is 0 Å². The highest BCUT2D eigenvalue weighted by Gasteiger charge is 2.30. The molecule has 0 N–H and O–H groups in total. The molecule has 0 aliphatic heterocycles. The molecule has 2 aliphatic rings. The van der Waals surface area contributed by atoms with Crippen molar-refractivity contribution in [2.75, 3.05) is 0 Å². The zero-order valence-electron chi connectivity index (χ0n) is 15.6. The van der Waals surface area contributed by atoms with E-state index in [2.05, 4.69) is 24.8 Å². The van der Waals surface area contributed by atoms with E-state index in [1.54, 1.807) is 0 Å². The lowest BCUT2D eigenvalue weighted by Crippen LogP contribution is -2.25. The molecule has 132 valence electrons. The van der Waals surface area contributed by atoms with Crippen LogP contribution in [0.2, 0.25) is 0 Å². The second-order valence-corrected chi connectivity index (χ2v) is 8.14. The van der Waals surface area contributed by atoms with Crippen LogP contribution in [0.3, 0.4) is 0 Å². The maximum atomic E-state index is 8.85. The zero-order valence-corrected chi connectivity index (χ0v) is 15.6. The number of hydrogen-bond acceptors (Lipinski definition) is 1. The molecule has 1 aromatic carbocycles. The molecule has 0 unspecified atom stereocenters. The van der Waals surface area contributed by atoms with Gasteiger partial charge in [-0.05, 0) is 80.5 Å². The summed E-state index contributed by atoms with van der Waals surface area (Å²) in [5.41, 5.74) is 1.75. The first-order chi connectivity index (χ1) is 12.3. The minimum Gasteiger partial charge on any atom is -0.192 e. The Balaban J connectivity index is 1.45. The second kappa shape index (κ2) is 9.10. The Labute approximate surface area is 153 Å². The van der Waals surface area contributed by atoms with Gasteiger partial charge in [-0.1, -0.05) is 44.4 Å². The molecular formula is C24H31N. The minimum atomic E-state index is 0.573. The molecule has 2 saturated carbocycles. The average Bonchev–Trinajstić information content (AvgIpc) is 2.68. The van der Waals surface area contributed by atoms with E-state index in [-0.39, 0.29) is 0 Å². The van der Waals surface area contributed by atoms with E-state index < -0.39 is 0 Å². The van der Waals surface area contributed by atoms with E-state index in [9.17, 15) is 0 Å². The van der Waals surface area contributed by atoms with Crippen LogP contribution in [-0.2, 0) is 0 Å². The highest BCUT2D eigenvalue weighted by atomic mass is 14.3. The van der Waals surface area contributed by atoms with Crippen molar-refractivity contribution >= 4 is 0 Å². The number of nitrogens with zero attached hydrogens (tertiary/aromatic N) is 1. The third-order valence-electron chi connectivity index (χ3n) is 6.46. The van der Waals surface area contributed by atoms with Crippen molar-refractivity contribution in [2.24, 2.45) is 23.7 Å². The Morgan fingerprint density at radius 1 is 0.840 bits per heavy atom. The van der Waals surface area contributed by atoms with Gasteiger partial charge in [-0.2, -0.15) is 5.26 Å². The van der Waals surface area contributed by atoms with Gasteiger partial charge in [-0.25, -0.2) is 0 Å². The smallest absolute Gasteiger partial charge is 0.0991 e. The fourth-order valence-corrected chi connectivity index (χ4v) is 4.90. The number of benzene rings is 1. The van der Waals surface area contributed by atoms with E-state index in [1.807, 2.05) is 24.3 Å². The molecule has 0 heterocycles. The predicted molar refractivity (Wildman–Crippen MR) is 104 cm³/mol. The lowest BCUT2D eigenvalue weighted by atomic mass is 9.69. The largest absolute Gasteiger partial charge is 0.192 e. The number of hydrogen-bond donors (Lipinski definition) is 0. The van der Waals surface area contributed by atoms with Gasteiger partial charge in [-0.3, -0.25) is 0 Å². The van der Waals surface area contributed by atoms with Crippen LogP contribution >= 0.6 is 0 Å². The zero-order chi connectivity index (χ0) is 17.5. The summed E-state index contributed by atoms with van der Waals surface area (Å²) in [6.07, 6.45) is 14.1. The van der Waals surface area contributed by atoms with Crippen molar-refractivity contribution in [2.45, 2.75) is 71.1 Å². The molecule has 0 amide bonds. The molecule has 0 bridgehead atoms. The van der Waals surface area contributed by atoms with Crippen LogP contribution in [0.25, 0.3) is 0 Å². The molecule has 1 aromatic rings. The van der Waals surface area contributed by atoms with Crippen LogP contribution in [0.4, 0.5) is 0 Å². The fraction of sp³-hybridized carbons (Fsp3) is 0.625. The van der Waals surface area contributed by atoms with Crippen molar-refractivity contribution < 1.29 is 0 Å². The molecule has 2 fully saturated rings. The van der Waals surface area contributed by atoms with Crippen LogP contribution in [-0.4, -0.2) is 0 Å². The van der Waals surface area contributed by atoms with Gasteiger partial charge in [0, 0.05) is 11.5 Å². The molecular weight excluding hydrogens is 302 g/mol. The standard InChI is InChI=1S/C24H31N/c1-2-3-19-10-14-23(15-11-19)24-16-12-21(13-17-24)5-4-20-6-8-22(18-25)9-7-20/h6-9,19,21,23-24H,2-3,10-17H2,1H3/t19-,21-,23-,24-. The normalized spacial score (nSPS) is 29.3. The van der Waals surface area contributed by atoms with E-state index >= 15 is 0 Å². The van der Waals surface area contributed by atoms with Gasteiger partial charge in [0.1, 0.15) is 0 Å². The Morgan fingerprint density at radius 2 is 1.40 bits per heavy atom. The molecule has 0 spiro atoms. The van der Waals surface area contributed by atoms with Crippen LogP contribution in [0, 0.1) is 46.8 Å². The summed E-state index contributed by atoms with van der Waals surface area (Å²) in [5, 5.41) is 8.85. The molecule has 0 atom stereocenters. The highest BCUT2D eigenvalue weighted by Crippen LogP contribution is 2.42. The Bertz CT molecular complexity index is 623. The Kier molecular flexibility index (Phi) is 6.58. The SMILES string of the molecule is CCC[C@H]1CC[C@H]([C@H]2CC[C@H](C#Cc3ccc(C#N)cc3)CC2)CC1. The fourth-order valence-electron chi connectivity index (χ4n) is 4.90. The lowest BCUT2D eigenvalue weighted by molar-refractivity contribution is 0.154. The monoisotopic (exact) mass is 333 g/mol. The third kappa shape index (κ3) is 5.12. The maximum Gasteiger partial charge on any atom is 0.0991 e. The first-order valence-electron chi connectivity index (χ1n) is 10.3. The lowest BCUT2D eigenvalue weighted by Gasteiger charge is -2.37. The van der Waals surface area contributed by atoms with Gasteiger partial charge < -0.3 is 0 Å². The molecule has 2 aliphatic carbocycles. The van der Waals surface area contributed by atoms with Crippen LogP contribution in [0.15, 0.2) is 24.3 Å². The van der Waals surface area contributed by atoms with Gasteiger partial charge in [0.15, 0.2) is 0 Å². The van der Waals surface area contributed by atoms with Crippen LogP contribution < -0.4 is 0 Å². The summed E-state index contributed by atoms with van der Waals surface area (Å²) < 4.78 is 0. The van der Waals surface area contributed by atoms with Crippen molar-refractivity contribution in [3.63, 3.8) is 0 Å². The van der Waals surface area contributed by atoms with Crippen LogP contribution in [0.1, 0.15) is 82.3 Å². The van der Waals surface area contributed by atoms with Gasteiger partial charge in [0.05, 0.1) is 11.6 Å². The second-order valence-electron chi connectivity index (χ2n) is 8.14. The van der Waals surface area contributed by atoms with Crippen molar-refractivity contribution in [3.05, 3.63) is 35.4 Å². The van der Waals surface area contributed by atoms with E-state index in [4.69, 9.17) is 5.26 Å². The predicted octanol–water partition coefficient (Wildman–Crippen LogP) is 6.32. The summed E-state index contributed by atoms with van der Waals surface area (Å²) in [4.78, 5) is 0. The Morgan fingerprint density at radius 3 is 1.96 bits per heavy atom. The summed E-state index contributed by atoms with van der Waals surface area (Å²) in [6.45, 7) is 2.33. The van der Waals surface area contributed by atoms with Crippen molar-refractivity contribution in [1.82, 2.24) is 0 Å². The van der Waals surface area contributed by atoms with Crippen molar-refractivity contribution in [1.29, 1.82) is 5.26 Å². The summed E-state index contributed by atoms with van der Waals surface area (Å²) >= 11 is 0. The van der Waals surface area contributed by atoms with E-state index in [1.165, 1.54) is 64.2 Å². The van der Waals surface area contributed by atoms with E-state index in [0.717, 1.165) is 23.3 Å². The topological polar surface area (TPSA) is 23.8 Å². The van der Waals surface area contributed by atoms with Gasteiger partial charge >= 0.3 is 0 Å². The number of nitriles is 1. The molecule has 1 nitrogen and oxygen atoms in total. The highest BCUT2D eigenvalue weighted by molar-refractivity contribution is 5.40.